The molecule has 0 saturated carbocycles. The molecule has 3 rings (SSSR count). The maximum atomic E-state index is 4.75. The Balaban J connectivity index is 1.95. The molecule has 0 fully saturated rings. The van der Waals surface area contributed by atoms with Gasteiger partial charge in [0.15, 0.2) is 0 Å². The summed E-state index contributed by atoms with van der Waals surface area (Å²) in [4.78, 5) is 4.75. The van der Waals surface area contributed by atoms with Gasteiger partial charge < -0.3 is 9.88 Å². The zero-order valence-corrected chi connectivity index (χ0v) is 11.7. The number of hydrogen-bond acceptors (Lipinski definition) is 2. The van der Waals surface area contributed by atoms with Crippen molar-refractivity contribution in [2.45, 2.75) is 39.7 Å². The summed E-state index contributed by atoms with van der Waals surface area (Å²) < 4.78 is 2.29. The Morgan fingerprint density at radius 1 is 1.26 bits per heavy atom. The minimum absolute atomic E-state index is 1.02. The molecule has 3 nitrogen and oxygen atoms in total. The summed E-state index contributed by atoms with van der Waals surface area (Å²) in [6.45, 7) is 6.49. The van der Waals surface area contributed by atoms with E-state index in [1.807, 2.05) is 0 Å². The minimum atomic E-state index is 1.02. The van der Waals surface area contributed by atoms with Crippen molar-refractivity contribution in [1.82, 2.24) is 9.55 Å². The SMILES string of the molecule is CCCc1ccc(-c2nc3n(c2C)CCCN3)cc1. The lowest BCUT2D eigenvalue weighted by Gasteiger charge is -2.16. The molecular weight excluding hydrogens is 234 g/mol. The number of imidazole rings is 1. The number of anilines is 1. The number of fused-ring (bicyclic) bond motifs is 1. The van der Waals surface area contributed by atoms with Gasteiger partial charge in [-0.3, -0.25) is 0 Å². The number of rotatable bonds is 3. The Morgan fingerprint density at radius 2 is 2.05 bits per heavy atom. The number of nitrogens with one attached hydrogen (secondary N) is 1. The molecule has 0 saturated heterocycles. The molecule has 2 aromatic rings. The summed E-state index contributed by atoms with van der Waals surface area (Å²) in [5.74, 6) is 1.02. The molecule has 1 aliphatic heterocycles. The first-order chi connectivity index (χ1) is 9.29. The Labute approximate surface area is 114 Å². The summed E-state index contributed by atoms with van der Waals surface area (Å²) in [5, 5.41) is 3.38. The normalized spacial score (nSPS) is 14.0. The standard InChI is InChI=1S/C16H21N3/c1-3-5-13-6-8-14(9-7-13)15-12(2)19-11-4-10-17-16(19)18-15/h6-9H,3-5,10-11H2,1-2H3,(H,17,18). The highest BCUT2D eigenvalue weighted by molar-refractivity contribution is 5.65. The van der Waals surface area contributed by atoms with Crippen LogP contribution in [0.25, 0.3) is 11.3 Å². The molecule has 0 aliphatic carbocycles. The highest BCUT2D eigenvalue weighted by Crippen LogP contribution is 2.28. The van der Waals surface area contributed by atoms with Gasteiger partial charge in [-0.05, 0) is 25.3 Å². The molecular formula is C16H21N3. The predicted molar refractivity (Wildman–Crippen MR) is 79.5 cm³/mol. The number of aromatic nitrogens is 2. The molecule has 0 bridgehead atoms. The van der Waals surface area contributed by atoms with E-state index in [4.69, 9.17) is 4.98 Å². The van der Waals surface area contributed by atoms with Crippen molar-refractivity contribution in [1.29, 1.82) is 0 Å². The van der Waals surface area contributed by atoms with Crippen LogP contribution in [0.5, 0.6) is 0 Å². The molecule has 1 N–H and O–H groups in total. The van der Waals surface area contributed by atoms with E-state index in [2.05, 4.69) is 48.0 Å². The van der Waals surface area contributed by atoms with E-state index in [1.165, 1.54) is 29.7 Å². The van der Waals surface area contributed by atoms with Crippen LogP contribution in [0.3, 0.4) is 0 Å². The van der Waals surface area contributed by atoms with Crippen molar-refractivity contribution < 1.29 is 0 Å². The fourth-order valence-corrected chi connectivity index (χ4v) is 2.77. The summed E-state index contributed by atoms with van der Waals surface area (Å²) in [6.07, 6.45) is 3.53. The molecule has 0 radical (unpaired) electrons. The third kappa shape index (κ3) is 2.25. The van der Waals surface area contributed by atoms with E-state index in [1.54, 1.807) is 0 Å². The van der Waals surface area contributed by atoms with Gasteiger partial charge in [0.05, 0.1) is 5.69 Å². The first kappa shape index (κ1) is 12.3. The van der Waals surface area contributed by atoms with E-state index in [9.17, 15) is 0 Å². The number of hydrogen-bond donors (Lipinski definition) is 1. The predicted octanol–water partition coefficient (Wildman–Crippen LogP) is 3.63. The lowest BCUT2D eigenvalue weighted by molar-refractivity contribution is 0.615. The van der Waals surface area contributed by atoms with Gasteiger partial charge in [-0.15, -0.1) is 0 Å². The Kier molecular flexibility index (Phi) is 3.28. The van der Waals surface area contributed by atoms with E-state index in [-0.39, 0.29) is 0 Å². The average Bonchev–Trinajstić information content (AvgIpc) is 2.78. The van der Waals surface area contributed by atoms with Crippen molar-refractivity contribution >= 4 is 5.95 Å². The Morgan fingerprint density at radius 3 is 2.74 bits per heavy atom. The number of aryl methyl sites for hydroxylation is 1. The number of nitrogens with zero attached hydrogens (tertiary/aromatic N) is 2. The lowest BCUT2D eigenvalue weighted by atomic mass is 10.1. The highest BCUT2D eigenvalue weighted by Gasteiger charge is 2.17. The van der Waals surface area contributed by atoms with Gasteiger partial charge in [-0.2, -0.15) is 0 Å². The van der Waals surface area contributed by atoms with Crippen molar-refractivity contribution in [3.05, 3.63) is 35.5 Å². The minimum Gasteiger partial charge on any atom is -0.356 e. The molecule has 19 heavy (non-hydrogen) atoms. The van der Waals surface area contributed by atoms with Gasteiger partial charge in [0, 0.05) is 24.3 Å². The van der Waals surface area contributed by atoms with Gasteiger partial charge in [0.2, 0.25) is 5.95 Å². The second-order valence-corrected chi connectivity index (χ2v) is 5.25. The van der Waals surface area contributed by atoms with Gasteiger partial charge in [-0.25, -0.2) is 4.98 Å². The molecule has 2 heterocycles. The summed E-state index contributed by atoms with van der Waals surface area (Å²) >= 11 is 0. The second-order valence-electron chi connectivity index (χ2n) is 5.25. The first-order valence-corrected chi connectivity index (χ1v) is 7.20. The average molecular weight is 255 g/mol. The largest absolute Gasteiger partial charge is 0.356 e. The van der Waals surface area contributed by atoms with Crippen LogP contribution in [0.4, 0.5) is 5.95 Å². The maximum absolute atomic E-state index is 4.75. The Hall–Kier alpha value is -1.77. The van der Waals surface area contributed by atoms with Gasteiger partial charge in [0.25, 0.3) is 0 Å². The fraction of sp³-hybridized carbons (Fsp3) is 0.438. The third-order valence-electron chi connectivity index (χ3n) is 3.83. The van der Waals surface area contributed by atoms with Crippen LogP contribution in [-0.2, 0) is 13.0 Å². The van der Waals surface area contributed by atoms with Crippen LogP contribution in [0.15, 0.2) is 24.3 Å². The topological polar surface area (TPSA) is 29.9 Å². The zero-order chi connectivity index (χ0) is 13.2. The summed E-state index contributed by atoms with van der Waals surface area (Å²) in [6, 6.07) is 8.85. The highest BCUT2D eigenvalue weighted by atomic mass is 15.2. The van der Waals surface area contributed by atoms with Crippen LogP contribution in [0.1, 0.15) is 31.0 Å². The summed E-state index contributed by atoms with van der Waals surface area (Å²) in [5.41, 5.74) is 5.02. The Bertz CT molecular complexity index is 566. The zero-order valence-electron chi connectivity index (χ0n) is 11.7. The maximum Gasteiger partial charge on any atom is 0.203 e. The first-order valence-electron chi connectivity index (χ1n) is 7.20. The van der Waals surface area contributed by atoms with E-state index in [0.717, 1.165) is 31.2 Å². The monoisotopic (exact) mass is 255 g/mol. The van der Waals surface area contributed by atoms with Gasteiger partial charge in [0.1, 0.15) is 0 Å². The lowest BCUT2D eigenvalue weighted by Crippen LogP contribution is -2.17. The van der Waals surface area contributed by atoms with Crippen LogP contribution in [-0.4, -0.2) is 16.1 Å². The molecule has 100 valence electrons. The molecule has 0 amide bonds. The molecule has 0 spiro atoms. The molecule has 3 heteroatoms. The van der Waals surface area contributed by atoms with Crippen LogP contribution in [0.2, 0.25) is 0 Å². The molecule has 1 aliphatic rings. The smallest absolute Gasteiger partial charge is 0.203 e. The molecule has 0 atom stereocenters. The second kappa shape index (κ2) is 5.08. The van der Waals surface area contributed by atoms with Crippen LogP contribution in [0, 0.1) is 6.92 Å². The molecule has 1 aromatic carbocycles. The van der Waals surface area contributed by atoms with Crippen LogP contribution >= 0.6 is 0 Å². The van der Waals surface area contributed by atoms with Crippen molar-refractivity contribution in [2.75, 3.05) is 11.9 Å². The van der Waals surface area contributed by atoms with Crippen molar-refractivity contribution in [3.63, 3.8) is 0 Å². The molecule has 0 unspecified atom stereocenters. The van der Waals surface area contributed by atoms with E-state index in [0.29, 0.717) is 0 Å². The van der Waals surface area contributed by atoms with Crippen LogP contribution < -0.4 is 5.32 Å². The van der Waals surface area contributed by atoms with Gasteiger partial charge >= 0.3 is 0 Å². The third-order valence-corrected chi connectivity index (χ3v) is 3.83. The van der Waals surface area contributed by atoms with Crippen molar-refractivity contribution in [2.24, 2.45) is 0 Å². The number of benzene rings is 1. The fourth-order valence-electron chi connectivity index (χ4n) is 2.77. The quantitative estimate of drug-likeness (QED) is 0.907. The van der Waals surface area contributed by atoms with E-state index < -0.39 is 0 Å². The van der Waals surface area contributed by atoms with Crippen molar-refractivity contribution in [3.8, 4) is 11.3 Å². The molecule has 1 aromatic heterocycles. The van der Waals surface area contributed by atoms with E-state index >= 15 is 0 Å². The summed E-state index contributed by atoms with van der Waals surface area (Å²) in [7, 11) is 0. The van der Waals surface area contributed by atoms with Gasteiger partial charge in [-0.1, -0.05) is 37.6 Å².